The standard InChI is InChI=1S/C9H12N4S/c1-6-11-12-8-5-10-4-7-2-3-14-9(7)13(6)8/h2-3,7,9-10H,4-5H2,1H3. The van der Waals surface area contributed by atoms with Crippen LogP contribution in [0.5, 0.6) is 0 Å². The third-order valence-corrected chi connectivity index (χ3v) is 3.92. The van der Waals surface area contributed by atoms with Gasteiger partial charge in [-0.05, 0) is 12.3 Å². The van der Waals surface area contributed by atoms with E-state index in [1.54, 1.807) is 0 Å². The van der Waals surface area contributed by atoms with Gasteiger partial charge in [0.2, 0.25) is 0 Å². The molecule has 3 heterocycles. The minimum Gasteiger partial charge on any atom is -0.309 e. The van der Waals surface area contributed by atoms with Gasteiger partial charge in [0.05, 0.1) is 11.9 Å². The largest absolute Gasteiger partial charge is 0.309 e. The number of hydrogen-bond acceptors (Lipinski definition) is 4. The summed E-state index contributed by atoms with van der Waals surface area (Å²) in [4.78, 5) is 0. The van der Waals surface area contributed by atoms with Gasteiger partial charge in [0.1, 0.15) is 11.6 Å². The van der Waals surface area contributed by atoms with E-state index in [0.717, 1.165) is 24.7 Å². The van der Waals surface area contributed by atoms with Gasteiger partial charge in [0.15, 0.2) is 0 Å². The van der Waals surface area contributed by atoms with Crippen LogP contribution in [0.3, 0.4) is 0 Å². The fraction of sp³-hybridized carbons (Fsp3) is 0.556. The molecule has 0 bridgehead atoms. The van der Waals surface area contributed by atoms with Gasteiger partial charge in [-0.3, -0.25) is 0 Å². The zero-order valence-electron chi connectivity index (χ0n) is 7.97. The van der Waals surface area contributed by atoms with Crippen LogP contribution in [0.4, 0.5) is 0 Å². The number of thioether (sulfide) groups is 1. The van der Waals surface area contributed by atoms with Gasteiger partial charge in [-0.25, -0.2) is 0 Å². The molecule has 3 rings (SSSR count). The van der Waals surface area contributed by atoms with Gasteiger partial charge in [0, 0.05) is 12.5 Å². The van der Waals surface area contributed by atoms with Crippen LogP contribution in [0.2, 0.25) is 0 Å². The zero-order chi connectivity index (χ0) is 9.54. The number of aromatic nitrogens is 3. The second kappa shape index (κ2) is 3.10. The van der Waals surface area contributed by atoms with Gasteiger partial charge in [-0.1, -0.05) is 6.08 Å². The Morgan fingerprint density at radius 3 is 3.43 bits per heavy atom. The van der Waals surface area contributed by atoms with Crippen molar-refractivity contribution < 1.29 is 0 Å². The molecule has 1 aromatic rings. The Morgan fingerprint density at radius 2 is 2.50 bits per heavy atom. The number of hydrogen-bond donors (Lipinski definition) is 1. The lowest BCUT2D eigenvalue weighted by Crippen LogP contribution is -2.20. The summed E-state index contributed by atoms with van der Waals surface area (Å²) in [6.45, 7) is 3.90. The Balaban J connectivity index is 2.08. The molecule has 0 saturated heterocycles. The molecule has 0 amide bonds. The fourth-order valence-corrected chi connectivity index (χ4v) is 3.30. The predicted molar refractivity (Wildman–Crippen MR) is 55.7 cm³/mol. The Hall–Kier alpha value is -0.810. The van der Waals surface area contributed by atoms with E-state index in [9.17, 15) is 0 Å². The summed E-state index contributed by atoms with van der Waals surface area (Å²) in [5, 5.41) is 14.4. The summed E-state index contributed by atoms with van der Waals surface area (Å²) in [5.74, 6) is 2.66. The molecule has 0 spiro atoms. The second-order valence-corrected chi connectivity index (χ2v) is 4.71. The lowest BCUT2D eigenvalue weighted by atomic mass is 10.1. The summed E-state index contributed by atoms with van der Waals surface area (Å²) in [5.41, 5.74) is 0. The maximum Gasteiger partial charge on any atom is 0.148 e. The Bertz CT molecular complexity index is 384. The number of fused-ring (bicyclic) bond motifs is 3. The van der Waals surface area contributed by atoms with Crippen molar-refractivity contribution in [2.45, 2.75) is 18.8 Å². The molecule has 1 aromatic heterocycles. The minimum atomic E-state index is 0.468. The number of nitrogens with one attached hydrogen (secondary N) is 1. The monoisotopic (exact) mass is 208 g/mol. The summed E-state index contributed by atoms with van der Waals surface area (Å²) in [6, 6.07) is 0. The maximum absolute atomic E-state index is 4.19. The molecular formula is C9H12N4S. The molecule has 74 valence electrons. The Morgan fingerprint density at radius 1 is 1.57 bits per heavy atom. The third-order valence-electron chi connectivity index (χ3n) is 2.76. The summed E-state index contributed by atoms with van der Waals surface area (Å²) in [6.07, 6.45) is 2.27. The normalized spacial score (nSPS) is 29.8. The van der Waals surface area contributed by atoms with Crippen molar-refractivity contribution in [1.82, 2.24) is 20.1 Å². The van der Waals surface area contributed by atoms with Crippen LogP contribution in [0.1, 0.15) is 17.0 Å². The molecule has 0 aliphatic carbocycles. The van der Waals surface area contributed by atoms with Gasteiger partial charge in [-0.15, -0.1) is 22.0 Å². The molecule has 2 unspecified atom stereocenters. The Kier molecular flexibility index (Phi) is 1.88. The highest BCUT2D eigenvalue weighted by molar-refractivity contribution is 8.02. The van der Waals surface area contributed by atoms with E-state index in [1.165, 1.54) is 0 Å². The first-order chi connectivity index (χ1) is 6.86. The van der Waals surface area contributed by atoms with Crippen molar-refractivity contribution in [3.63, 3.8) is 0 Å². The summed E-state index contributed by atoms with van der Waals surface area (Å²) >= 11 is 1.86. The molecule has 0 aromatic carbocycles. The van der Waals surface area contributed by atoms with E-state index >= 15 is 0 Å². The fourth-order valence-electron chi connectivity index (χ4n) is 2.06. The molecule has 2 aliphatic heterocycles. The number of rotatable bonds is 0. The van der Waals surface area contributed by atoms with Crippen LogP contribution in [0, 0.1) is 12.8 Å². The molecule has 5 heteroatoms. The van der Waals surface area contributed by atoms with E-state index in [0.29, 0.717) is 11.3 Å². The average Bonchev–Trinajstić information content (AvgIpc) is 2.71. The molecule has 4 nitrogen and oxygen atoms in total. The first-order valence-corrected chi connectivity index (χ1v) is 5.74. The topological polar surface area (TPSA) is 42.7 Å². The van der Waals surface area contributed by atoms with Gasteiger partial charge in [-0.2, -0.15) is 0 Å². The lowest BCUT2D eigenvalue weighted by Gasteiger charge is -2.18. The number of nitrogens with zero attached hydrogens (tertiary/aromatic N) is 3. The highest BCUT2D eigenvalue weighted by Crippen LogP contribution is 2.40. The SMILES string of the molecule is Cc1nnc2n1C1SC=CC1CNC2. The van der Waals surface area contributed by atoms with E-state index in [4.69, 9.17) is 0 Å². The van der Waals surface area contributed by atoms with Crippen LogP contribution >= 0.6 is 11.8 Å². The molecule has 2 atom stereocenters. The quantitative estimate of drug-likeness (QED) is 0.692. The summed E-state index contributed by atoms with van der Waals surface area (Å²) < 4.78 is 2.26. The zero-order valence-corrected chi connectivity index (χ0v) is 8.79. The Labute approximate surface area is 86.8 Å². The molecule has 0 radical (unpaired) electrons. The lowest BCUT2D eigenvalue weighted by molar-refractivity contribution is 0.513. The van der Waals surface area contributed by atoms with E-state index in [-0.39, 0.29) is 0 Å². The van der Waals surface area contributed by atoms with Crippen LogP contribution < -0.4 is 5.32 Å². The number of aryl methyl sites for hydroxylation is 1. The molecule has 2 aliphatic rings. The molecule has 0 fully saturated rings. The van der Waals surface area contributed by atoms with Crippen molar-refractivity contribution >= 4 is 11.8 Å². The van der Waals surface area contributed by atoms with Crippen molar-refractivity contribution in [2.24, 2.45) is 5.92 Å². The van der Waals surface area contributed by atoms with Crippen LogP contribution in [0.25, 0.3) is 0 Å². The van der Waals surface area contributed by atoms with E-state index < -0.39 is 0 Å². The van der Waals surface area contributed by atoms with Crippen molar-refractivity contribution in [3.05, 3.63) is 23.1 Å². The first kappa shape index (κ1) is 8.49. The predicted octanol–water partition coefficient (Wildman–Crippen LogP) is 1.07. The van der Waals surface area contributed by atoms with E-state index in [1.807, 2.05) is 18.7 Å². The van der Waals surface area contributed by atoms with Crippen LogP contribution in [-0.4, -0.2) is 21.3 Å². The summed E-state index contributed by atoms with van der Waals surface area (Å²) in [7, 11) is 0. The second-order valence-electron chi connectivity index (χ2n) is 3.68. The van der Waals surface area contributed by atoms with E-state index in [2.05, 4.69) is 31.6 Å². The molecular weight excluding hydrogens is 196 g/mol. The highest BCUT2D eigenvalue weighted by atomic mass is 32.2. The van der Waals surface area contributed by atoms with Crippen molar-refractivity contribution in [3.8, 4) is 0 Å². The third kappa shape index (κ3) is 1.12. The van der Waals surface area contributed by atoms with Crippen LogP contribution in [0.15, 0.2) is 11.5 Å². The van der Waals surface area contributed by atoms with Crippen molar-refractivity contribution in [1.29, 1.82) is 0 Å². The smallest absolute Gasteiger partial charge is 0.148 e. The van der Waals surface area contributed by atoms with Gasteiger partial charge in [0.25, 0.3) is 0 Å². The molecule has 0 saturated carbocycles. The average molecular weight is 208 g/mol. The van der Waals surface area contributed by atoms with Crippen molar-refractivity contribution in [2.75, 3.05) is 6.54 Å². The molecule has 14 heavy (non-hydrogen) atoms. The first-order valence-electron chi connectivity index (χ1n) is 4.79. The molecule has 1 N–H and O–H groups in total. The van der Waals surface area contributed by atoms with Gasteiger partial charge < -0.3 is 9.88 Å². The maximum atomic E-state index is 4.19. The minimum absolute atomic E-state index is 0.468. The van der Waals surface area contributed by atoms with Crippen LogP contribution in [-0.2, 0) is 6.54 Å². The van der Waals surface area contributed by atoms with Gasteiger partial charge >= 0.3 is 0 Å². The highest BCUT2D eigenvalue weighted by Gasteiger charge is 2.30.